The number of amides is 1. The van der Waals surface area contributed by atoms with E-state index in [4.69, 9.17) is 9.47 Å². The van der Waals surface area contributed by atoms with Crippen LogP contribution in [0.15, 0.2) is 61.2 Å². The van der Waals surface area contributed by atoms with Gasteiger partial charge in [-0.3, -0.25) is 4.79 Å². The lowest BCUT2D eigenvalue weighted by atomic mass is 10.0. The number of para-hydroxylation sites is 1. The van der Waals surface area contributed by atoms with E-state index in [-0.39, 0.29) is 18.2 Å². The summed E-state index contributed by atoms with van der Waals surface area (Å²) in [5.74, 6) is 0.823. The molecule has 1 saturated heterocycles. The molecule has 2 aliphatic rings. The van der Waals surface area contributed by atoms with Gasteiger partial charge < -0.3 is 19.7 Å². The number of fused-ring (bicyclic) bond motifs is 1. The van der Waals surface area contributed by atoms with Gasteiger partial charge in [0, 0.05) is 18.8 Å². The van der Waals surface area contributed by atoms with E-state index in [1.165, 1.54) is 0 Å². The zero-order valence-electron chi connectivity index (χ0n) is 15.3. The van der Waals surface area contributed by atoms with Crippen LogP contribution in [0.2, 0.25) is 0 Å². The monoisotopic (exact) mass is 364 g/mol. The SMILES string of the molecule is C=CCOc1ccc(C2Nc3ccccc3C(=O)N2CC2CCCO2)cc1. The van der Waals surface area contributed by atoms with Crippen LogP contribution in [0, 0.1) is 0 Å². The molecule has 140 valence electrons. The molecule has 2 heterocycles. The molecule has 5 heteroatoms. The molecule has 27 heavy (non-hydrogen) atoms. The lowest BCUT2D eigenvalue weighted by Crippen LogP contribution is -2.46. The summed E-state index contributed by atoms with van der Waals surface area (Å²) in [6.45, 7) is 5.49. The number of nitrogens with one attached hydrogen (secondary N) is 1. The number of rotatable bonds is 6. The van der Waals surface area contributed by atoms with Gasteiger partial charge in [0.2, 0.25) is 0 Å². The summed E-state index contributed by atoms with van der Waals surface area (Å²) in [6, 6.07) is 15.5. The standard InChI is InChI=1S/C22H24N2O3/c1-2-13-26-17-11-9-16(10-12-17)21-23-20-8-4-3-7-19(20)22(25)24(21)15-18-6-5-14-27-18/h2-4,7-12,18,21,23H,1,5-6,13-15H2. The summed E-state index contributed by atoms with van der Waals surface area (Å²) in [5.41, 5.74) is 2.59. The number of hydrogen-bond donors (Lipinski definition) is 1. The predicted octanol–water partition coefficient (Wildman–Crippen LogP) is 4.00. The number of anilines is 1. The second-order valence-electron chi connectivity index (χ2n) is 6.85. The van der Waals surface area contributed by atoms with Gasteiger partial charge in [-0.2, -0.15) is 0 Å². The maximum absolute atomic E-state index is 13.2. The van der Waals surface area contributed by atoms with E-state index in [9.17, 15) is 4.79 Å². The molecule has 4 rings (SSSR count). The van der Waals surface area contributed by atoms with Crippen LogP contribution in [0.1, 0.15) is 34.9 Å². The van der Waals surface area contributed by atoms with Crippen molar-refractivity contribution in [3.8, 4) is 5.75 Å². The third kappa shape index (κ3) is 3.69. The van der Waals surface area contributed by atoms with E-state index in [0.717, 1.165) is 36.4 Å². The number of benzene rings is 2. The molecule has 0 saturated carbocycles. The predicted molar refractivity (Wildman–Crippen MR) is 105 cm³/mol. The second-order valence-corrected chi connectivity index (χ2v) is 6.85. The van der Waals surface area contributed by atoms with Gasteiger partial charge in [-0.1, -0.05) is 36.9 Å². The first kappa shape index (κ1) is 17.6. The van der Waals surface area contributed by atoms with Crippen LogP contribution >= 0.6 is 0 Å². The summed E-state index contributed by atoms with van der Waals surface area (Å²) in [5, 5.41) is 3.52. The van der Waals surface area contributed by atoms with Crippen molar-refractivity contribution in [1.29, 1.82) is 0 Å². The normalized spacial score (nSPS) is 21.5. The van der Waals surface area contributed by atoms with Crippen molar-refractivity contribution in [1.82, 2.24) is 4.90 Å². The third-order valence-corrected chi connectivity index (χ3v) is 5.01. The maximum Gasteiger partial charge on any atom is 0.257 e. The average Bonchev–Trinajstić information content (AvgIpc) is 3.22. The highest BCUT2D eigenvalue weighted by atomic mass is 16.5. The largest absolute Gasteiger partial charge is 0.490 e. The Morgan fingerprint density at radius 1 is 1.22 bits per heavy atom. The zero-order valence-corrected chi connectivity index (χ0v) is 15.3. The first-order valence-electron chi connectivity index (χ1n) is 9.38. The highest BCUT2D eigenvalue weighted by Crippen LogP contribution is 2.34. The van der Waals surface area contributed by atoms with Crippen LogP contribution in [0.4, 0.5) is 5.69 Å². The fraction of sp³-hybridized carbons (Fsp3) is 0.318. The van der Waals surface area contributed by atoms with Crippen molar-refractivity contribution in [3.05, 3.63) is 72.3 Å². The Labute approximate surface area is 159 Å². The van der Waals surface area contributed by atoms with E-state index in [1.807, 2.05) is 53.4 Å². The van der Waals surface area contributed by atoms with Gasteiger partial charge in [0.15, 0.2) is 0 Å². The highest BCUT2D eigenvalue weighted by molar-refractivity contribution is 6.01. The smallest absolute Gasteiger partial charge is 0.257 e. The number of carbonyl (C=O) groups is 1. The van der Waals surface area contributed by atoms with E-state index >= 15 is 0 Å². The van der Waals surface area contributed by atoms with Gasteiger partial charge in [0.1, 0.15) is 18.5 Å². The van der Waals surface area contributed by atoms with Crippen molar-refractivity contribution in [2.75, 3.05) is 25.1 Å². The maximum atomic E-state index is 13.2. The molecule has 0 radical (unpaired) electrons. The van der Waals surface area contributed by atoms with Gasteiger partial charge in [-0.15, -0.1) is 0 Å². The quantitative estimate of drug-likeness (QED) is 0.787. The molecule has 0 aromatic heterocycles. The Morgan fingerprint density at radius 3 is 2.78 bits per heavy atom. The van der Waals surface area contributed by atoms with Crippen molar-refractivity contribution >= 4 is 11.6 Å². The average molecular weight is 364 g/mol. The summed E-state index contributed by atoms with van der Waals surface area (Å²) in [4.78, 5) is 15.1. The molecule has 0 aliphatic carbocycles. The summed E-state index contributed by atoms with van der Waals surface area (Å²) < 4.78 is 11.4. The lowest BCUT2D eigenvalue weighted by Gasteiger charge is -2.39. The van der Waals surface area contributed by atoms with Crippen LogP contribution < -0.4 is 10.1 Å². The molecule has 1 fully saturated rings. The fourth-order valence-corrected chi connectivity index (χ4v) is 3.65. The van der Waals surface area contributed by atoms with Crippen molar-refractivity contribution in [3.63, 3.8) is 0 Å². The van der Waals surface area contributed by atoms with Crippen LogP contribution in [-0.4, -0.2) is 36.7 Å². The Hall–Kier alpha value is -2.79. The van der Waals surface area contributed by atoms with Gasteiger partial charge in [0.05, 0.1) is 11.7 Å². The van der Waals surface area contributed by atoms with Crippen molar-refractivity contribution in [2.24, 2.45) is 0 Å². The summed E-state index contributed by atoms with van der Waals surface area (Å²) in [6.07, 6.45) is 3.63. The van der Waals surface area contributed by atoms with Crippen LogP contribution in [0.3, 0.4) is 0 Å². The first-order chi connectivity index (χ1) is 13.3. The van der Waals surface area contributed by atoms with Gasteiger partial charge in [-0.05, 0) is 42.7 Å². The number of carbonyl (C=O) groups excluding carboxylic acids is 1. The molecule has 2 unspecified atom stereocenters. The Bertz CT molecular complexity index is 813. The van der Waals surface area contributed by atoms with E-state index < -0.39 is 0 Å². The van der Waals surface area contributed by atoms with E-state index in [0.29, 0.717) is 18.7 Å². The molecule has 0 bridgehead atoms. The van der Waals surface area contributed by atoms with E-state index in [1.54, 1.807) is 6.08 Å². The zero-order chi connectivity index (χ0) is 18.6. The Morgan fingerprint density at radius 2 is 2.04 bits per heavy atom. The fourth-order valence-electron chi connectivity index (χ4n) is 3.65. The molecule has 5 nitrogen and oxygen atoms in total. The van der Waals surface area contributed by atoms with Gasteiger partial charge in [0.25, 0.3) is 5.91 Å². The van der Waals surface area contributed by atoms with Crippen molar-refractivity contribution < 1.29 is 14.3 Å². The number of ether oxygens (including phenoxy) is 2. The first-order valence-corrected chi connectivity index (χ1v) is 9.38. The van der Waals surface area contributed by atoms with Crippen LogP contribution in [-0.2, 0) is 4.74 Å². The second kappa shape index (κ2) is 7.84. The number of hydrogen-bond acceptors (Lipinski definition) is 4. The molecule has 2 aliphatic heterocycles. The molecule has 1 N–H and O–H groups in total. The summed E-state index contributed by atoms with van der Waals surface area (Å²) >= 11 is 0. The van der Waals surface area contributed by atoms with Crippen LogP contribution in [0.5, 0.6) is 5.75 Å². The molecule has 2 aromatic rings. The third-order valence-electron chi connectivity index (χ3n) is 5.01. The summed E-state index contributed by atoms with van der Waals surface area (Å²) in [7, 11) is 0. The molecule has 2 atom stereocenters. The van der Waals surface area contributed by atoms with Gasteiger partial charge in [-0.25, -0.2) is 0 Å². The van der Waals surface area contributed by atoms with E-state index in [2.05, 4.69) is 11.9 Å². The van der Waals surface area contributed by atoms with Gasteiger partial charge >= 0.3 is 0 Å². The lowest BCUT2D eigenvalue weighted by molar-refractivity contribution is 0.0427. The minimum Gasteiger partial charge on any atom is -0.490 e. The highest BCUT2D eigenvalue weighted by Gasteiger charge is 2.35. The van der Waals surface area contributed by atoms with Crippen molar-refractivity contribution in [2.45, 2.75) is 25.1 Å². The topological polar surface area (TPSA) is 50.8 Å². The van der Waals surface area contributed by atoms with Crippen LogP contribution in [0.25, 0.3) is 0 Å². The molecule has 0 spiro atoms. The Balaban J connectivity index is 1.63. The molecular formula is C22H24N2O3. The minimum atomic E-state index is -0.231. The molecule has 1 amide bonds. The number of nitrogens with zero attached hydrogens (tertiary/aromatic N) is 1. The minimum absolute atomic E-state index is 0.0387. The molecule has 2 aromatic carbocycles. The Kier molecular flexibility index (Phi) is 5.12. The molecular weight excluding hydrogens is 340 g/mol.